The smallest absolute Gasteiger partial charge is 0.403 e. The molecule has 0 radical (unpaired) electrons. The van der Waals surface area contributed by atoms with Gasteiger partial charge in [0.1, 0.15) is 17.7 Å². The van der Waals surface area contributed by atoms with Gasteiger partial charge in [-0.25, -0.2) is 0 Å². The molecule has 4 N–H and O–H groups in total. The molecule has 0 aromatic rings. The van der Waals surface area contributed by atoms with Gasteiger partial charge in [0.2, 0.25) is 0 Å². The zero-order chi connectivity index (χ0) is 13.9. The zero-order valence-corrected chi connectivity index (χ0v) is 10.2. The summed E-state index contributed by atoms with van der Waals surface area (Å²) in [5.41, 5.74) is 9.60. The van der Waals surface area contributed by atoms with E-state index < -0.39 is 36.3 Å². The molecule has 0 aliphatic rings. The number of alkyl halides is 3. The van der Waals surface area contributed by atoms with E-state index in [0.717, 1.165) is 0 Å². The van der Waals surface area contributed by atoms with Gasteiger partial charge in [0, 0.05) is 0 Å². The summed E-state index contributed by atoms with van der Waals surface area (Å²) in [5, 5.41) is 0. The van der Waals surface area contributed by atoms with Crippen LogP contribution in [-0.4, -0.2) is 29.8 Å². The van der Waals surface area contributed by atoms with Crippen molar-refractivity contribution in [3.8, 4) is 0 Å². The largest absolute Gasteiger partial charge is 0.459 e. The molecule has 0 aliphatic heterocycles. The second kappa shape index (κ2) is 5.68. The van der Waals surface area contributed by atoms with E-state index in [1.807, 2.05) is 0 Å². The van der Waals surface area contributed by atoms with Crippen molar-refractivity contribution in [2.45, 2.75) is 57.5 Å². The molecule has 102 valence electrons. The van der Waals surface area contributed by atoms with Crippen molar-refractivity contribution in [2.75, 3.05) is 0 Å². The minimum atomic E-state index is -4.46. The van der Waals surface area contributed by atoms with Crippen molar-refractivity contribution in [1.29, 1.82) is 0 Å². The molecule has 0 unspecified atom stereocenters. The first kappa shape index (κ1) is 16.2. The van der Waals surface area contributed by atoms with Crippen LogP contribution in [0.1, 0.15) is 33.6 Å². The molecule has 0 aromatic heterocycles. The summed E-state index contributed by atoms with van der Waals surface area (Å²) in [4.78, 5) is 11.4. The van der Waals surface area contributed by atoms with Crippen molar-refractivity contribution in [2.24, 2.45) is 11.5 Å². The molecule has 0 saturated heterocycles. The van der Waals surface area contributed by atoms with Crippen LogP contribution < -0.4 is 11.5 Å². The third-order valence-corrected chi connectivity index (χ3v) is 1.92. The molecule has 0 heterocycles. The Kier molecular flexibility index (Phi) is 5.41. The lowest BCUT2D eigenvalue weighted by atomic mass is 10.1. The van der Waals surface area contributed by atoms with Crippen LogP contribution in [0.5, 0.6) is 0 Å². The Morgan fingerprint density at radius 1 is 1.18 bits per heavy atom. The van der Waals surface area contributed by atoms with Crippen LogP contribution in [0.3, 0.4) is 0 Å². The minimum Gasteiger partial charge on any atom is -0.459 e. The van der Waals surface area contributed by atoms with Crippen molar-refractivity contribution in [3.05, 3.63) is 0 Å². The number of hydrogen-bond acceptors (Lipinski definition) is 4. The Morgan fingerprint density at radius 3 is 2.00 bits per heavy atom. The third kappa shape index (κ3) is 7.17. The Bertz CT molecular complexity index is 261. The van der Waals surface area contributed by atoms with Crippen LogP contribution >= 0.6 is 0 Å². The van der Waals surface area contributed by atoms with E-state index in [9.17, 15) is 18.0 Å². The van der Waals surface area contributed by atoms with Gasteiger partial charge in [-0.05, 0) is 33.6 Å². The number of rotatable bonds is 4. The zero-order valence-electron chi connectivity index (χ0n) is 10.2. The Labute approximate surface area is 98.5 Å². The summed E-state index contributed by atoms with van der Waals surface area (Å²) >= 11 is 0. The Morgan fingerprint density at radius 2 is 1.65 bits per heavy atom. The highest BCUT2D eigenvalue weighted by Gasteiger charge is 2.37. The highest BCUT2D eigenvalue weighted by atomic mass is 19.4. The van der Waals surface area contributed by atoms with Crippen LogP contribution in [0.4, 0.5) is 13.2 Å². The number of carbonyl (C=O) groups is 1. The molecule has 2 atom stereocenters. The normalized spacial score (nSPS) is 16.5. The van der Waals surface area contributed by atoms with Gasteiger partial charge in [-0.1, -0.05) is 0 Å². The summed E-state index contributed by atoms with van der Waals surface area (Å²) in [7, 11) is 0. The van der Waals surface area contributed by atoms with Gasteiger partial charge < -0.3 is 16.2 Å². The summed E-state index contributed by atoms with van der Waals surface area (Å²) in [6, 6.07) is -3.04. The number of hydrogen-bond donors (Lipinski definition) is 2. The summed E-state index contributed by atoms with van der Waals surface area (Å²) in [6.07, 6.45) is -5.02. The SMILES string of the molecule is CC(C)(C)OC(=O)[C@H](N)CC[C@@H](N)C(F)(F)F. The average Bonchev–Trinajstić information content (AvgIpc) is 2.08. The lowest BCUT2D eigenvalue weighted by Gasteiger charge is -2.23. The maximum atomic E-state index is 12.1. The first-order valence-corrected chi connectivity index (χ1v) is 5.24. The van der Waals surface area contributed by atoms with E-state index in [4.69, 9.17) is 16.2 Å². The van der Waals surface area contributed by atoms with Crippen molar-refractivity contribution in [1.82, 2.24) is 0 Å². The maximum Gasteiger partial charge on any atom is 0.403 e. The van der Waals surface area contributed by atoms with E-state index in [-0.39, 0.29) is 6.42 Å². The molecule has 0 fully saturated rings. The first-order chi connectivity index (χ1) is 7.43. The van der Waals surface area contributed by atoms with Crippen molar-refractivity contribution >= 4 is 5.97 Å². The molecular formula is C10H19F3N2O2. The Balaban J connectivity index is 4.11. The molecule has 0 aliphatic carbocycles. The van der Waals surface area contributed by atoms with E-state index in [1.165, 1.54) is 0 Å². The van der Waals surface area contributed by atoms with Gasteiger partial charge in [0.15, 0.2) is 0 Å². The monoisotopic (exact) mass is 256 g/mol. The van der Waals surface area contributed by atoms with Crippen LogP contribution in [0.2, 0.25) is 0 Å². The molecule has 7 heteroatoms. The summed E-state index contributed by atoms with van der Waals surface area (Å²) in [5.74, 6) is -0.716. The average molecular weight is 256 g/mol. The van der Waals surface area contributed by atoms with Gasteiger partial charge in [0.05, 0.1) is 0 Å². The van der Waals surface area contributed by atoms with Gasteiger partial charge in [-0.15, -0.1) is 0 Å². The van der Waals surface area contributed by atoms with Gasteiger partial charge in [-0.2, -0.15) is 13.2 Å². The van der Waals surface area contributed by atoms with E-state index in [2.05, 4.69) is 0 Å². The second-order valence-corrected chi connectivity index (χ2v) is 4.87. The molecule has 0 bridgehead atoms. The first-order valence-electron chi connectivity index (χ1n) is 5.24. The fraction of sp³-hybridized carbons (Fsp3) is 0.900. The number of nitrogens with two attached hydrogens (primary N) is 2. The number of ether oxygens (including phenoxy) is 1. The maximum absolute atomic E-state index is 12.1. The van der Waals surface area contributed by atoms with Gasteiger partial charge in [0.25, 0.3) is 0 Å². The number of carbonyl (C=O) groups excluding carboxylic acids is 1. The molecule has 0 saturated carbocycles. The lowest BCUT2D eigenvalue weighted by molar-refractivity contribution is -0.159. The predicted molar refractivity (Wildman–Crippen MR) is 57.1 cm³/mol. The number of esters is 1. The quantitative estimate of drug-likeness (QED) is 0.744. The standard InChI is InChI=1S/C10H19F3N2O2/c1-9(2,3)17-8(16)6(14)4-5-7(15)10(11,12)13/h6-7H,4-5,14-15H2,1-3H3/t6-,7-/m1/s1. The van der Waals surface area contributed by atoms with Gasteiger partial charge >= 0.3 is 12.1 Å². The highest BCUT2D eigenvalue weighted by Crippen LogP contribution is 2.22. The highest BCUT2D eigenvalue weighted by molar-refractivity contribution is 5.75. The topological polar surface area (TPSA) is 78.3 Å². The predicted octanol–water partition coefficient (Wildman–Crippen LogP) is 1.33. The van der Waals surface area contributed by atoms with Crippen molar-refractivity contribution in [3.63, 3.8) is 0 Å². The third-order valence-electron chi connectivity index (χ3n) is 1.92. The van der Waals surface area contributed by atoms with Crippen LogP contribution in [0.15, 0.2) is 0 Å². The lowest BCUT2D eigenvalue weighted by Crippen LogP contribution is -2.41. The molecule has 17 heavy (non-hydrogen) atoms. The van der Waals surface area contributed by atoms with E-state index >= 15 is 0 Å². The molecule has 0 amide bonds. The van der Waals surface area contributed by atoms with Crippen LogP contribution in [0.25, 0.3) is 0 Å². The second-order valence-electron chi connectivity index (χ2n) is 4.87. The summed E-state index contributed by atoms with van der Waals surface area (Å²) < 4.78 is 41.2. The molecule has 0 aromatic carbocycles. The fourth-order valence-electron chi connectivity index (χ4n) is 1.02. The van der Waals surface area contributed by atoms with Crippen LogP contribution in [0, 0.1) is 0 Å². The molecule has 0 spiro atoms. The fourth-order valence-corrected chi connectivity index (χ4v) is 1.02. The Hall–Kier alpha value is -0.820. The molecule has 0 rings (SSSR count). The van der Waals surface area contributed by atoms with Gasteiger partial charge in [-0.3, -0.25) is 4.79 Å². The van der Waals surface area contributed by atoms with Crippen LogP contribution in [-0.2, 0) is 9.53 Å². The number of halogens is 3. The van der Waals surface area contributed by atoms with E-state index in [0.29, 0.717) is 0 Å². The minimum absolute atomic E-state index is 0.157. The van der Waals surface area contributed by atoms with Crippen molar-refractivity contribution < 1.29 is 22.7 Å². The molecular weight excluding hydrogens is 237 g/mol. The summed E-state index contributed by atoms with van der Waals surface area (Å²) in [6.45, 7) is 4.96. The molecule has 4 nitrogen and oxygen atoms in total. The van der Waals surface area contributed by atoms with E-state index in [1.54, 1.807) is 20.8 Å².